The Hall–Kier alpha value is -1.46. The average molecular weight is 254 g/mol. The highest BCUT2D eigenvalue weighted by molar-refractivity contribution is 5.52. The van der Waals surface area contributed by atoms with Crippen molar-refractivity contribution >= 4 is 0 Å². The Bertz CT molecular complexity index is 371. The fraction of sp³-hybridized carbons (Fsp3) is 0.538. The molecule has 0 aliphatic rings. The highest BCUT2D eigenvalue weighted by atomic mass is 16.5. The van der Waals surface area contributed by atoms with E-state index in [1.807, 2.05) is 6.92 Å². The number of methoxy groups -OCH3 is 3. The molecule has 0 saturated heterocycles. The maximum absolute atomic E-state index is 6.21. The molecule has 0 amide bonds. The normalized spacial score (nSPS) is 13.9. The van der Waals surface area contributed by atoms with Crippen LogP contribution in [0.1, 0.15) is 18.5 Å². The van der Waals surface area contributed by atoms with Gasteiger partial charge in [-0.05, 0) is 12.5 Å². The molecule has 18 heavy (non-hydrogen) atoms. The van der Waals surface area contributed by atoms with Gasteiger partial charge in [-0.3, -0.25) is 0 Å². The maximum atomic E-state index is 6.21. The summed E-state index contributed by atoms with van der Waals surface area (Å²) in [5.41, 5.74) is 12.7. The smallest absolute Gasteiger partial charge is 0.131 e. The minimum Gasteiger partial charge on any atom is -0.496 e. The van der Waals surface area contributed by atoms with Crippen molar-refractivity contribution in [2.75, 3.05) is 27.9 Å². The Morgan fingerprint density at radius 3 is 1.89 bits per heavy atom. The molecule has 1 aromatic rings. The van der Waals surface area contributed by atoms with E-state index in [1.54, 1.807) is 33.5 Å². The van der Waals surface area contributed by atoms with Gasteiger partial charge in [0.1, 0.15) is 17.2 Å². The van der Waals surface area contributed by atoms with Crippen molar-refractivity contribution in [1.82, 2.24) is 0 Å². The average Bonchev–Trinajstić information content (AvgIpc) is 2.43. The molecule has 5 heteroatoms. The van der Waals surface area contributed by atoms with Gasteiger partial charge in [0, 0.05) is 18.2 Å². The molecule has 2 atom stereocenters. The van der Waals surface area contributed by atoms with E-state index in [9.17, 15) is 0 Å². The second kappa shape index (κ2) is 6.47. The van der Waals surface area contributed by atoms with Crippen LogP contribution in [-0.4, -0.2) is 27.9 Å². The second-order valence-corrected chi connectivity index (χ2v) is 4.18. The van der Waals surface area contributed by atoms with Crippen molar-refractivity contribution in [2.24, 2.45) is 17.4 Å². The van der Waals surface area contributed by atoms with Crippen molar-refractivity contribution in [3.63, 3.8) is 0 Å². The summed E-state index contributed by atoms with van der Waals surface area (Å²) in [6.45, 7) is 2.49. The molecule has 0 aromatic heterocycles. The Labute approximate surface area is 108 Å². The van der Waals surface area contributed by atoms with Gasteiger partial charge in [0.2, 0.25) is 0 Å². The van der Waals surface area contributed by atoms with Crippen LogP contribution in [0.3, 0.4) is 0 Å². The number of rotatable bonds is 6. The Morgan fingerprint density at radius 1 is 1.06 bits per heavy atom. The molecule has 5 nitrogen and oxygen atoms in total. The third-order valence-corrected chi connectivity index (χ3v) is 3.07. The predicted octanol–water partition coefficient (Wildman–Crippen LogP) is 1.31. The van der Waals surface area contributed by atoms with Crippen LogP contribution in [-0.2, 0) is 0 Å². The maximum Gasteiger partial charge on any atom is 0.131 e. The van der Waals surface area contributed by atoms with E-state index in [1.165, 1.54) is 0 Å². The molecular weight excluding hydrogens is 232 g/mol. The number of ether oxygens (including phenoxy) is 3. The molecule has 2 unspecified atom stereocenters. The van der Waals surface area contributed by atoms with Gasteiger partial charge in [-0.15, -0.1) is 0 Å². The van der Waals surface area contributed by atoms with E-state index >= 15 is 0 Å². The molecule has 102 valence electrons. The zero-order chi connectivity index (χ0) is 13.7. The predicted molar refractivity (Wildman–Crippen MR) is 71.2 cm³/mol. The fourth-order valence-electron chi connectivity index (χ4n) is 1.79. The van der Waals surface area contributed by atoms with E-state index in [2.05, 4.69) is 0 Å². The van der Waals surface area contributed by atoms with Crippen molar-refractivity contribution in [3.8, 4) is 17.2 Å². The molecule has 0 bridgehead atoms. The molecule has 0 radical (unpaired) electrons. The van der Waals surface area contributed by atoms with Crippen LogP contribution in [0.4, 0.5) is 0 Å². The SMILES string of the molecule is COc1cc(OC)c(C(N)C(C)CN)c(OC)c1. The lowest BCUT2D eigenvalue weighted by atomic mass is 9.93. The molecule has 0 aliphatic carbocycles. The molecule has 4 N–H and O–H groups in total. The lowest BCUT2D eigenvalue weighted by Gasteiger charge is -2.23. The van der Waals surface area contributed by atoms with E-state index in [-0.39, 0.29) is 12.0 Å². The van der Waals surface area contributed by atoms with Crippen LogP contribution in [0.25, 0.3) is 0 Å². The molecule has 0 saturated carbocycles. The summed E-state index contributed by atoms with van der Waals surface area (Å²) >= 11 is 0. The Morgan fingerprint density at radius 2 is 1.56 bits per heavy atom. The lowest BCUT2D eigenvalue weighted by Crippen LogP contribution is -2.26. The first-order valence-electron chi connectivity index (χ1n) is 5.84. The monoisotopic (exact) mass is 254 g/mol. The topological polar surface area (TPSA) is 79.7 Å². The standard InChI is InChI=1S/C13H22N2O3/c1-8(7-14)13(15)12-10(17-3)5-9(16-2)6-11(12)18-4/h5-6,8,13H,7,14-15H2,1-4H3. The molecule has 0 spiro atoms. The Balaban J connectivity index is 3.30. The summed E-state index contributed by atoms with van der Waals surface area (Å²) in [7, 11) is 4.78. The van der Waals surface area contributed by atoms with Gasteiger partial charge in [0.15, 0.2) is 0 Å². The van der Waals surface area contributed by atoms with Crippen molar-refractivity contribution in [1.29, 1.82) is 0 Å². The van der Waals surface area contributed by atoms with Gasteiger partial charge in [0.25, 0.3) is 0 Å². The molecule has 0 heterocycles. The van der Waals surface area contributed by atoms with Crippen LogP contribution < -0.4 is 25.7 Å². The summed E-state index contributed by atoms with van der Waals surface area (Å²) in [5.74, 6) is 2.10. The highest BCUT2D eigenvalue weighted by Gasteiger charge is 2.23. The Kier molecular flexibility index (Phi) is 5.25. The number of hydrogen-bond acceptors (Lipinski definition) is 5. The van der Waals surface area contributed by atoms with Crippen LogP contribution in [0.2, 0.25) is 0 Å². The zero-order valence-corrected chi connectivity index (χ0v) is 11.4. The van der Waals surface area contributed by atoms with Gasteiger partial charge >= 0.3 is 0 Å². The fourth-order valence-corrected chi connectivity index (χ4v) is 1.79. The van der Waals surface area contributed by atoms with Crippen LogP contribution >= 0.6 is 0 Å². The first-order valence-corrected chi connectivity index (χ1v) is 5.84. The second-order valence-electron chi connectivity index (χ2n) is 4.18. The molecule has 0 fully saturated rings. The first-order chi connectivity index (χ1) is 8.58. The molecule has 1 rings (SSSR count). The van der Waals surface area contributed by atoms with Gasteiger partial charge in [0.05, 0.1) is 26.9 Å². The third-order valence-electron chi connectivity index (χ3n) is 3.07. The first kappa shape index (κ1) is 14.6. The number of benzene rings is 1. The minimum absolute atomic E-state index is 0.126. The van der Waals surface area contributed by atoms with Gasteiger partial charge in [-0.1, -0.05) is 6.92 Å². The largest absolute Gasteiger partial charge is 0.496 e. The third kappa shape index (κ3) is 2.86. The molecule has 0 aliphatic heterocycles. The van der Waals surface area contributed by atoms with Crippen LogP contribution in [0, 0.1) is 5.92 Å². The summed E-state index contributed by atoms with van der Waals surface area (Å²) < 4.78 is 15.9. The van der Waals surface area contributed by atoms with E-state index in [0.717, 1.165) is 5.56 Å². The summed E-state index contributed by atoms with van der Waals surface area (Å²) in [4.78, 5) is 0. The van der Waals surface area contributed by atoms with Crippen molar-refractivity contribution < 1.29 is 14.2 Å². The minimum atomic E-state index is -0.245. The van der Waals surface area contributed by atoms with Crippen LogP contribution in [0.5, 0.6) is 17.2 Å². The highest BCUT2D eigenvalue weighted by Crippen LogP contribution is 2.39. The van der Waals surface area contributed by atoms with Gasteiger partial charge in [-0.2, -0.15) is 0 Å². The van der Waals surface area contributed by atoms with Gasteiger partial charge < -0.3 is 25.7 Å². The zero-order valence-electron chi connectivity index (χ0n) is 11.4. The molecule has 1 aromatic carbocycles. The number of hydrogen-bond donors (Lipinski definition) is 2. The van der Waals surface area contributed by atoms with Crippen molar-refractivity contribution in [2.45, 2.75) is 13.0 Å². The number of nitrogens with two attached hydrogens (primary N) is 2. The molecular formula is C13H22N2O3. The summed E-state index contributed by atoms with van der Waals surface area (Å²) in [6, 6.07) is 3.34. The summed E-state index contributed by atoms with van der Waals surface area (Å²) in [6.07, 6.45) is 0. The van der Waals surface area contributed by atoms with E-state index in [0.29, 0.717) is 23.8 Å². The van der Waals surface area contributed by atoms with Gasteiger partial charge in [-0.25, -0.2) is 0 Å². The van der Waals surface area contributed by atoms with E-state index < -0.39 is 0 Å². The van der Waals surface area contributed by atoms with E-state index in [4.69, 9.17) is 25.7 Å². The quantitative estimate of drug-likeness (QED) is 0.800. The van der Waals surface area contributed by atoms with Crippen molar-refractivity contribution in [3.05, 3.63) is 17.7 Å². The lowest BCUT2D eigenvalue weighted by molar-refractivity contribution is 0.353. The van der Waals surface area contributed by atoms with Crippen LogP contribution in [0.15, 0.2) is 12.1 Å². The summed E-state index contributed by atoms with van der Waals surface area (Å²) in [5, 5.41) is 0.